The van der Waals surface area contributed by atoms with Crippen LogP contribution in [0.2, 0.25) is 0 Å². The minimum absolute atomic E-state index is 0.0643. The topological polar surface area (TPSA) is 46.3 Å². The summed E-state index contributed by atoms with van der Waals surface area (Å²) in [5.41, 5.74) is 0.748. The molecule has 0 spiro atoms. The van der Waals surface area contributed by atoms with E-state index in [2.05, 4.69) is 23.7 Å². The summed E-state index contributed by atoms with van der Waals surface area (Å²) in [6.45, 7) is 7.04. The number of carbonyl (C=O) groups excluding carboxylic acids is 1. The van der Waals surface area contributed by atoms with Gasteiger partial charge in [-0.05, 0) is 44.4 Å². The Morgan fingerprint density at radius 3 is 2.68 bits per heavy atom. The molecule has 0 aromatic carbocycles. The van der Waals surface area contributed by atoms with Crippen molar-refractivity contribution in [2.45, 2.75) is 71.8 Å². The number of oxazole rings is 1. The molecule has 3 rings (SSSR count). The van der Waals surface area contributed by atoms with E-state index in [-0.39, 0.29) is 5.91 Å². The van der Waals surface area contributed by atoms with E-state index in [1.165, 1.54) is 25.7 Å². The van der Waals surface area contributed by atoms with Gasteiger partial charge in [-0.15, -0.1) is 0 Å². The second-order valence-corrected chi connectivity index (χ2v) is 7.37. The Balaban J connectivity index is 1.76. The van der Waals surface area contributed by atoms with Crippen molar-refractivity contribution in [3.63, 3.8) is 0 Å². The summed E-state index contributed by atoms with van der Waals surface area (Å²) in [4.78, 5) is 19.4. The number of hydrogen-bond donors (Lipinski definition) is 0. The number of likely N-dealkylation sites (tertiary alicyclic amines) is 1. The molecule has 2 aliphatic rings. The van der Waals surface area contributed by atoms with Gasteiger partial charge in [-0.25, -0.2) is 4.98 Å². The van der Waals surface area contributed by atoms with Crippen LogP contribution in [-0.2, 0) is 6.42 Å². The third kappa shape index (κ3) is 3.06. The maximum Gasteiger partial charge on any atom is 0.291 e. The smallest absolute Gasteiger partial charge is 0.291 e. The molecule has 2 heterocycles. The molecule has 0 N–H and O–H groups in total. The SMILES string of the molecule is Cc1nc(CC(C)C)oc1C(=O)N1CCCC1C1CCCC1. The molecule has 122 valence electrons. The van der Waals surface area contributed by atoms with Crippen LogP contribution in [0.3, 0.4) is 0 Å². The highest BCUT2D eigenvalue weighted by Gasteiger charge is 2.37. The van der Waals surface area contributed by atoms with Gasteiger partial charge in [-0.1, -0.05) is 26.7 Å². The Hall–Kier alpha value is -1.32. The summed E-state index contributed by atoms with van der Waals surface area (Å²) in [6, 6.07) is 0.424. The van der Waals surface area contributed by atoms with Crippen LogP contribution in [0, 0.1) is 18.8 Å². The largest absolute Gasteiger partial charge is 0.435 e. The van der Waals surface area contributed by atoms with Crippen molar-refractivity contribution < 1.29 is 9.21 Å². The Morgan fingerprint density at radius 1 is 1.27 bits per heavy atom. The van der Waals surface area contributed by atoms with Crippen LogP contribution in [-0.4, -0.2) is 28.4 Å². The van der Waals surface area contributed by atoms with Gasteiger partial charge in [0.1, 0.15) is 0 Å². The molecule has 4 heteroatoms. The van der Waals surface area contributed by atoms with Crippen LogP contribution in [0.25, 0.3) is 0 Å². The first-order valence-electron chi connectivity index (χ1n) is 8.83. The zero-order valence-corrected chi connectivity index (χ0v) is 14.1. The molecule has 1 aliphatic carbocycles. The number of carbonyl (C=O) groups is 1. The highest BCUT2D eigenvalue weighted by molar-refractivity contribution is 5.92. The summed E-state index contributed by atoms with van der Waals surface area (Å²) >= 11 is 0. The lowest BCUT2D eigenvalue weighted by Gasteiger charge is -2.28. The Kier molecular flexibility index (Phi) is 4.55. The first-order valence-corrected chi connectivity index (χ1v) is 8.83. The first kappa shape index (κ1) is 15.6. The third-order valence-electron chi connectivity index (χ3n) is 5.12. The van der Waals surface area contributed by atoms with E-state index in [0.29, 0.717) is 29.5 Å². The Bertz CT molecular complexity index is 529. The third-order valence-corrected chi connectivity index (χ3v) is 5.12. The molecule has 4 nitrogen and oxygen atoms in total. The van der Waals surface area contributed by atoms with E-state index in [0.717, 1.165) is 31.5 Å². The summed E-state index contributed by atoms with van der Waals surface area (Å²) in [6.07, 6.45) is 8.28. The van der Waals surface area contributed by atoms with Crippen LogP contribution in [0.5, 0.6) is 0 Å². The molecule has 1 saturated carbocycles. The maximum absolute atomic E-state index is 12.9. The van der Waals surface area contributed by atoms with E-state index >= 15 is 0 Å². The number of aryl methyl sites for hydroxylation is 1. The van der Waals surface area contributed by atoms with Crippen LogP contribution in [0.4, 0.5) is 0 Å². The molecule has 1 aromatic heterocycles. The monoisotopic (exact) mass is 304 g/mol. The predicted molar refractivity (Wildman–Crippen MR) is 85.8 cm³/mol. The molecule has 2 fully saturated rings. The number of hydrogen-bond acceptors (Lipinski definition) is 3. The first-order chi connectivity index (χ1) is 10.6. The van der Waals surface area contributed by atoms with Gasteiger partial charge >= 0.3 is 0 Å². The highest BCUT2D eigenvalue weighted by Crippen LogP contribution is 2.36. The molecule has 0 bridgehead atoms. The molecule has 1 amide bonds. The number of rotatable bonds is 4. The van der Waals surface area contributed by atoms with Crippen molar-refractivity contribution in [1.29, 1.82) is 0 Å². The van der Waals surface area contributed by atoms with Crippen molar-refractivity contribution in [1.82, 2.24) is 9.88 Å². The van der Waals surface area contributed by atoms with Gasteiger partial charge in [0.2, 0.25) is 5.76 Å². The maximum atomic E-state index is 12.9. The number of aromatic nitrogens is 1. The lowest BCUT2D eigenvalue weighted by atomic mass is 9.96. The summed E-state index contributed by atoms with van der Waals surface area (Å²) < 4.78 is 5.81. The zero-order valence-electron chi connectivity index (χ0n) is 14.1. The average molecular weight is 304 g/mol. The van der Waals surface area contributed by atoms with Crippen molar-refractivity contribution in [2.24, 2.45) is 11.8 Å². The Labute approximate surface area is 133 Å². The number of amides is 1. The fourth-order valence-electron chi connectivity index (χ4n) is 4.09. The predicted octanol–water partition coefficient (Wildman–Crippen LogP) is 3.98. The van der Waals surface area contributed by atoms with Gasteiger partial charge < -0.3 is 9.32 Å². The Morgan fingerprint density at radius 2 is 2.00 bits per heavy atom. The second kappa shape index (κ2) is 6.43. The van der Waals surface area contributed by atoms with E-state index in [9.17, 15) is 4.79 Å². The van der Waals surface area contributed by atoms with Crippen molar-refractivity contribution in [2.75, 3.05) is 6.54 Å². The highest BCUT2D eigenvalue weighted by atomic mass is 16.4. The number of nitrogens with zero attached hydrogens (tertiary/aromatic N) is 2. The molecular weight excluding hydrogens is 276 g/mol. The summed E-state index contributed by atoms with van der Waals surface area (Å²) in [5, 5.41) is 0. The average Bonchev–Trinajstić information content (AvgIpc) is 3.16. The van der Waals surface area contributed by atoms with Gasteiger partial charge in [0.25, 0.3) is 5.91 Å². The molecule has 0 radical (unpaired) electrons. The van der Waals surface area contributed by atoms with Gasteiger partial charge in [0.15, 0.2) is 5.89 Å². The van der Waals surface area contributed by atoms with Crippen molar-refractivity contribution >= 4 is 5.91 Å². The lowest BCUT2D eigenvalue weighted by molar-refractivity contribution is 0.0653. The van der Waals surface area contributed by atoms with Gasteiger partial charge in [0.05, 0.1) is 5.69 Å². The minimum atomic E-state index is 0.0643. The molecular formula is C18H28N2O2. The fourth-order valence-corrected chi connectivity index (χ4v) is 4.09. The normalized spacial score (nSPS) is 22.9. The van der Waals surface area contributed by atoms with Crippen molar-refractivity contribution in [3.8, 4) is 0 Å². The van der Waals surface area contributed by atoms with Crippen molar-refractivity contribution in [3.05, 3.63) is 17.3 Å². The van der Waals surface area contributed by atoms with Crippen LogP contribution in [0.15, 0.2) is 4.42 Å². The molecule has 1 unspecified atom stereocenters. The van der Waals surface area contributed by atoms with Crippen LogP contribution >= 0.6 is 0 Å². The molecule has 1 atom stereocenters. The van der Waals surface area contributed by atoms with E-state index in [1.807, 2.05) is 6.92 Å². The quantitative estimate of drug-likeness (QED) is 0.845. The summed E-state index contributed by atoms with van der Waals surface area (Å²) in [5.74, 6) is 2.42. The molecule has 22 heavy (non-hydrogen) atoms. The summed E-state index contributed by atoms with van der Waals surface area (Å²) in [7, 11) is 0. The minimum Gasteiger partial charge on any atom is -0.435 e. The van der Waals surface area contributed by atoms with E-state index in [4.69, 9.17) is 4.42 Å². The van der Waals surface area contributed by atoms with Gasteiger partial charge in [-0.2, -0.15) is 0 Å². The second-order valence-electron chi connectivity index (χ2n) is 7.37. The van der Waals surface area contributed by atoms with E-state index < -0.39 is 0 Å². The lowest BCUT2D eigenvalue weighted by Crippen LogP contribution is -2.39. The van der Waals surface area contributed by atoms with Gasteiger partial charge in [-0.3, -0.25) is 4.79 Å². The standard InChI is InChI=1S/C18H28N2O2/c1-12(2)11-16-19-13(3)17(22-16)18(21)20-10-6-9-15(20)14-7-4-5-8-14/h12,14-15H,4-11H2,1-3H3. The fraction of sp³-hybridized carbons (Fsp3) is 0.778. The molecule has 1 saturated heterocycles. The molecule has 1 aromatic rings. The molecule has 1 aliphatic heterocycles. The van der Waals surface area contributed by atoms with Crippen LogP contribution < -0.4 is 0 Å². The van der Waals surface area contributed by atoms with Gasteiger partial charge in [0, 0.05) is 19.0 Å². The zero-order chi connectivity index (χ0) is 15.7. The van der Waals surface area contributed by atoms with Crippen LogP contribution in [0.1, 0.15) is 74.5 Å². The van der Waals surface area contributed by atoms with E-state index in [1.54, 1.807) is 0 Å².